The zero-order chi connectivity index (χ0) is 16.3. The highest BCUT2D eigenvalue weighted by molar-refractivity contribution is 7.92. The Bertz CT molecular complexity index is 736. The van der Waals surface area contributed by atoms with Crippen molar-refractivity contribution >= 4 is 15.7 Å². The lowest BCUT2D eigenvalue weighted by atomic mass is 10.2. The maximum Gasteiger partial charge on any atom is 0.280 e. The fourth-order valence-corrected chi connectivity index (χ4v) is 3.07. The Labute approximate surface area is 131 Å². The Morgan fingerprint density at radius 3 is 2.55 bits per heavy atom. The highest BCUT2D eigenvalue weighted by Crippen LogP contribution is 2.20. The van der Waals surface area contributed by atoms with Gasteiger partial charge in [-0.1, -0.05) is 18.2 Å². The van der Waals surface area contributed by atoms with Crippen LogP contribution in [0.15, 0.2) is 41.8 Å². The minimum Gasteiger partial charge on any atom is -0.334 e. The smallest absolute Gasteiger partial charge is 0.280 e. The van der Waals surface area contributed by atoms with Gasteiger partial charge in [-0.3, -0.25) is 4.72 Å². The van der Waals surface area contributed by atoms with Gasteiger partial charge in [0.05, 0.1) is 12.0 Å². The van der Waals surface area contributed by atoms with Crippen LogP contribution in [0, 0.1) is 0 Å². The first-order valence-electron chi connectivity index (χ1n) is 7.08. The van der Waals surface area contributed by atoms with Crippen LogP contribution in [-0.2, 0) is 16.6 Å². The van der Waals surface area contributed by atoms with Gasteiger partial charge in [-0.2, -0.15) is 8.42 Å². The molecule has 0 saturated heterocycles. The Kier molecular flexibility index (Phi) is 4.87. The first-order valence-corrected chi connectivity index (χ1v) is 8.57. The van der Waals surface area contributed by atoms with Crippen LogP contribution in [0.3, 0.4) is 0 Å². The van der Waals surface area contributed by atoms with Crippen molar-refractivity contribution in [3.8, 4) is 0 Å². The predicted octanol–water partition coefficient (Wildman–Crippen LogP) is 2.33. The Morgan fingerprint density at radius 1 is 1.27 bits per heavy atom. The van der Waals surface area contributed by atoms with Crippen LogP contribution >= 0.6 is 0 Å². The number of nitrogens with one attached hydrogen (secondary N) is 1. The number of sulfonamides is 1. The van der Waals surface area contributed by atoms with E-state index in [1.807, 2.05) is 51.0 Å². The molecule has 0 spiro atoms. The van der Waals surface area contributed by atoms with Gasteiger partial charge in [-0.15, -0.1) is 0 Å². The number of rotatable bonds is 6. The number of imidazole rings is 1. The lowest BCUT2D eigenvalue weighted by Gasteiger charge is -2.15. The van der Waals surface area contributed by atoms with Crippen LogP contribution in [0.25, 0.3) is 0 Å². The summed E-state index contributed by atoms with van der Waals surface area (Å²) in [6.45, 7) is 4.59. The third-order valence-electron chi connectivity index (χ3n) is 3.20. The maximum absolute atomic E-state index is 12.5. The normalized spacial score (nSPS) is 12.1. The van der Waals surface area contributed by atoms with Crippen LogP contribution in [0.2, 0.25) is 0 Å². The van der Waals surface area contributed by atoms with Crippen molar-refractivity contribution in [2.45, 2.75) is 31.5 Å². The maximum atomic E-state index is 12.5. The van der Waals surface area contributed by atoms with E-state index in [1.54, 1.807) is 16.8 Å². The fraction of sp³-hybridized carbons (Fsp3) is 0.400. The van der Waals surface area contributed by atoms with Gasteiger partial charge in [0.15, 0.2) is 5.03 Å². The molecule has 0 bridgehead atoms. The van der Waals surface area contributed by atoms with Crippen molar-refractivity contribution in [1.82, 2.24) is 14.5 Å². The summed E-state index contributed by atoms with van der Waals surface area (Å²) in [6, 6.07) is 7.53. The summed E-state index contributed by atoms with van der Waals surface area (Å²) in [5.41, 5.74) is 1.50. The first kappa shape index (κ1) is 16.5. The van der Waals surface area contributed by atoms with Gasteiger partial charge in [-0.25, -0.2) is 4.98 Å². The van der Waals surface area contributed by atoms with Gasteiger partial charge in [0, 0.05) is 18.8 Å². The third kappa shape index (κ3) is 3.86. The van der Waals surface area contributed by atoms with Crippen LogP contribution in [0.1, 0.15) is 25.5 Å². The molecule has 0 fully saturated rings. The lowest BCUT2D eigenvalue weighted by Crippen LogP contribution is -2.17. The number of nitrogens with zero attached hydrogens (tertiary/aromatic N) is 3. The van der Waals surface area contributed by atoms with Gasteiger partial charge >= 0.3 is 0 Å². The zero-order valence-corrected chi connectivity index (χ0v) is 14.1. The minimum absolute atomic E-state index is 0.0286. The van der Waals surface area contributed by atoms with Gasteiger partial charge < -0.3 is 9.47 Å². The van der Waals surface area contributed by atoms with Crippen molar-refractivity contribution in [2.75, 3.05) is 18.8 Å². The summed E-state index contributed by atoms with van der Waals surface area (Å²) in [7, 11) is 0.195. The largest absolute Gasteiger partial charge is 0.334 e. The van der Waals surface area contributed by atoms with E-state index in [4.69, 9.17) is 0 Å². The molecule has 0 atom stereocenters. The predicted molar refractivity (Wildman–Crippen MR) is 87.3 cm³/mol. The van der Waals surface area contributed by atoms with Gasteiger partial charge in [0.25, 0.3) is 10.0 Å². The number of aromatic nitrogens is 2. The number of para-hydroxylation sites is 1. The first-order chi connectivity index (χ1) is 10.3. The van der Waals surface area contributed by atoms with Gasteiger partial charge in [-0.05, 0) is 39.6 Å². The van der Waals surface area contributed by atoms with Crippen LogP contribution < -0.4 is 4.72 Å². The molecule has 1 N–H and O–H groups in total. The summed E-state index contributed by atoms with van der Waals surface area (Å²) in [5, 5.41) is 0.0286. The van der Waals surface area contributed by atoms with Crippen LogP contribution in [0.5, 0.6) is 0 Å². The van der Waals surface area contributed by atoms with E-state index in [9.17, 15) is 8.42 Å². The molecule has 1 aromatic heterocycles. The van der Waals surface area contributed by atoms with Gasteiger partial charge in [0.1, 0.15) is 0 Å². The SMILES string of the molecule is CC(C)n1cnc(S(=O)(=O)Nc2ccccc2CN(C)C)c1. The molecule has 6 nitrogen and oxygen atoms in total. The fourth-order valence-electron chi connectivity index (χ4n) is 2.03. The molecule has 0 amide bonds. The third-order valence-corrected chi connectivity index (χ3v) is 4.45. The molecule has 0 aliphatic rings. The highest BCUT2D eigenvalue weighted by Gasteiger charge is 2.19. The highest BCUT2D eigenvalue weighted by atomic mass is 32.2. The van der Waals surface area contributed by atoms with Crippen molar-refractivity contribution in [3.05, 3.63) is 42.4 Å². The van der Waals surface area contributed by atoms with Crippen LogP contribution in [0.4, 0.5) is 5.69 Å². The van der Waals surface area contributed by atoms with E-state index in [0.29, 0.717) is 12.2 Å². The van der Waals surface area contributed by atoms with E-state index >= 15 is 0 Å². The topological polar surface area (TPSA) is 67.2 Å². The van der Waals surface area contributed by atoms with E-state index in [2.05, 4.69) is 9.71 Å². The Hall–Kier alpha value is -1.86. The molecule has 22 heavy (non-hydrogen) atoms. The zero-order valence-electron chi connectivity index (χ0n) is 13.3. The van der Waals surface area contributed by atoms with E-state index in [0.717, 1.165) is 5.56 Å². The molecule has 2 aromatic rings. The van der Waals surface area contributed by atoms with Crippen molar-refractivity contribution in [3.63, 3.8) is 0 Å². The molecular formula is C15H22N4O2S. The Balaban J connectivity index is 2.28. The number of hydrogen-bond donors (Lipinski definition) is 1. The number of benzene rings is 1. The second-order valence-electron chi connectivity index (χ2n) is 5.75. The van der Waals surface area contributed by atoms with E-state index < -0.39 is 10.0 Å². The summed E-state index contributed by atoms with van der Waals surface area (Å²) in [5.74, 6) is 0. The molecule has 1 aromatic carbocycles. The van der Waals surface area contributed by atoms with Crippen molar-refractivity contribution < 1.29 is 8.42 Å². The van der Waals surface area contributed by atoms with Gasteiger partial charge in [0.2, 0.25) is 0 Å². The second-order valence-corrected chi connectivity index (χ2v) is 7.38. The quantitative estimate of drug-likeness (QED) is 0.886. The average molecular weight is 322 g/mol. The lowest BCUT2D eigenvalue weighted by molar-refractivity contribution is 0.403. The summed E-state index contributed by atoms with van der Waals surface area (Å²) >= 11 is 0. The molecule has 0 saturated carbocycles. The molecule has 0 aliphatic heterocycles. The van der Waals surface area contributed by atoms with Crippen LogP contribution in [-0.4, -0.2) is 37.0 Å². The number of hydrogen-bond acceptors (Lipinski definition) is 4. The molecule has 1 heterocycles. The molecule has 0 unspecified atom stereocenters. The summed E-state index contributed by atoms with van der Waals surface area (Å²) < 4.78 is 29.3. The summed E-state index contributed by atoms with van der Waals surface area (Å²) in [6.07, 6.45) is 3.08. The molecule has 2 rings (SSSR count). The number of anilines is 1. The standard InChI is InChI=1S/C15H22N4O2S/c1-12(2)19-10-15(16-11-19)22(20,21)17-14-8-6-5-7-13(14)9-18(3)4/h5-8,10-12,17H,9H2,1-4H3. The molecule has 120 valence electrons. The second kappa shape index (κ2) is 6.50. The monoisotopic (exact) mass is 322 g/mol. The van der Waals surface area contributed by atoms with Crippen molar-refractivity contribution in [2.24, 2.45) is 0 Å². The van der Waals surface area contributed by atoms with Crippen molar-refractivity contribution in [1.29, 1.82) is 0 Å². The molecule has 7 heteroatoms. The molecule has 0 radical (unpaired) electrons. The van der Waals surface area contributed by atoms with E-state index in [1.165, 1.54) is 6.33 Å². The molecular weight excluding hydrogens is 300 g/mol. The summed E-state index contributed by atoms with van der Waals surface area (Å²) in [4.78, 5) is 5.98. The molecule has 0 aliphatic carbocycles. The van der Waals surface area contributed by atoms with E-state index in [-0.39, 0.29) is 11.1 Å². The average Bonchev–Trinajstić information content (AvgIpc) is 2.91. The Morgan fingerprint density at radius 2 is 1.95 bits per heavy atom. The minimum atomic E-state index is -3.68.